The zero-order chi connectivity index (χ0) is 17.5. The maximum atomic E-state index is 10.4. The molecule has 1 N–H and O–H groups in total. The lowest BCUT2D eigenvalue weighted by molar-refractivity contribution is 0.111. The van der Waals surface area contributed by atoms with Gasteiger partial charge in [-0.3, -0.25) is 0 Å². The van der Waals surface area contributed by atoms with Crippen LogP contribution in [0.4, 0.5) is 5.69 Å². The molecule has 1 atom stereocenters. The highest BCUT2D eigenvalue weighted by molar-refractivity contribution is 5.53. The van der Waals surface area contributed by atoms with E-state index in [1.165, 1.54) is 5.56 Å². The molecule has 4 nitrogen and oxygen atoms in total. The zero-order valence-electron chi connectivity index (χ0n) is 14.4. The molecule has 0 aliphatic heterocycles. The first-order valence-corrected chi connectivity index (χ1v) is 8.14. The van der Waals surface area contributed by atoms with Gasteiger partial charge in [0.15, 0.2) is 0 Å². The molecule has 1 unspecified atom stereocenters. The summed E-state index contributed by atoms with van der Waals surface area (Å²) in [6.45, 7) is 7.01. The number of nitriles is 1. The Bertz CT molecular complexity index is 690. The van der Waals surface area contributed by atoms with E-state index in [-0.39, 0.29) is 12.6 Å². The topological polar surface area (TPSA) is 56.5 Å². The van der Waals surface area contributed by atoms with E-state index in [9.17, 15) is 5.11 Å². The fraction of sp³-hybridized carbons (Fsp3) is 0.350. The van der Waals surface area contributed by atoms with E-state index in [0.29, 0.717) is 17.9 Å². The number of hydrogen-bond acceptors (Lipinski definition) is 4. The van der Waals surface area contributed by atoms with Gasteiger partial charge in [0, 0.05) is 18.3 Å². The number of ether oxygens (including phenoxy) is 1. The van der Waals surface area contributed by atoms with E-state index in [0.717, 1.165) is 5.69 Å². The van der Waals surface area contributed by atoms with Crippen LogP contribution in [0.5, 0.6) is 5.75 Å². The lowest BCUT2D eigenvalue weighted by atomic mass is 10.1. The molecule has 0 aliphatic carbocycles. The van der Waals surface area contributed by atoms with Crippen LogP contribution in [0.3, 0.4) is 0 Å². The van der Waals surface area contributed by atoms with Crippen molar-refractivity contribution in [1.82, 2.24) is 0 Å². The van der Waals surface area contributed by atoms with Crippen molar-refractivity contribution in [2.45, 2.75) is 32.9 Å². The SMILES string of the molecule is Cc1ccccc1N(CC(O)COc1ccc(C#N)cc1)C(C)C. The van der Waals surface area contributed by atoms with Gasteiger partial charge in [-0.15, -0.1) is 0 Å². The summed E-state index contributed by atoms with van der Waals surface area (Å²) in [5, 5.41) is 19.2. The third-order valence-corrected chi connectivity index (χ3v) is 3.88. The number of aliphatic hydroxyl groups is 1. The van der Waals surface area contributed by atoms with Crippen LogP contribution in [-0.4, -0.2) is 30.4 Å². The number of rotatable bonds is 7. The minimum Gasteiger partial charge on any atom is -0.491 e. The Morgan fingerprint density at radius 3 is 2.38 bits per heavy atom. The molecular weight excluding hydrogens is 300 g/mol. The molecule has 0 aliphatic rings. The molecule has 0 amide bonds. The first kappa shape index (κ1) is 17.8. The van der Waals surface area contributed by atoms with Gasteiger partial charge in [-0.05, 0) is 56.7 Å². The van der Waals surface area contributed by atoms with Gasteiger partial charge >= 0.3 is 0 Å². The average molecular weight is 324 g/mol. The van der Waals surface area contributed by atoms with Crippen LogP contribution < -0.4 is 9.64 Å². The third-order valence-electron chi connectivity index (χ3n) is 3.88. The van der Waals surface area contributed by atoms with Crippen molar-refractivity contribution in [3.05, 3.63) is 59.7 Å². The molecule has 2 aromatic carbocycles. The number of anilines is 1. The Morgan fingerprint density at radius 2 is 1.79 bits per heavy atom. The van der Waals surface area contributed by atoms with E-state index >= 15 is 0 Å². The summed E-state index contributed by atoms with van der Waals surface area (Å²) in [6.07, 6.45) is -0.609. The molecule has 0 radical (unpaired) electrons. The van der Waals surface area contributed by atoms with Crippen molar-refractivity contribution in [3.63, 3.8) is 0 Å². The minimum atomic E-state index is -0.609. The van der Waals surface area contributed by atoms with Gasteiger partial charge in [-0.2, -0.15) is 5.26 Å². The summed E-state index contributed by atoms with van der Waals surface area (Å²) in [4.78, 5) is 2.18. The molecule has 126 valence electrons. The smallest absolute Gasteiger partial charge is 0.119 e. The van der Waals surface area contributed by atoms with Crippen molar-refractivity contribution in [3.8, 4) is 11.8 Å². The Morgan fingerprint density at radius 1 is 1.12 bits per heavy atom. The monoisotopic (exact) mass is 324 g/mol. The fourth-order valence-corrected chi connectivity index (χ4v) is 2.57. The van der Waals surface area contributed by atoms with Crippen molar-refractivity contribution in [2.24, 2.45) is 0 Å². The Balaban J connectivity index is 1.97. The summed E-state index contributed by atoms with van der Waals surface area (Å²) in [7, 11) is 0. The van der Waals surface area contributed by atoms with Gasteiger partial charge < -0.3 is 14.7 Å². The fourth-order valence-electron chi connectivity index (χ4n) is 2.57. The summed E-state index contributed by atoms with van der Waals surface area (Å²) in [5.41, 5.74) is 2.91. The largest absolute Gasteiger partial charge is 0.491 e. The molecule has 0 spiro atoms. The normalized spacial score (nSPS) is 11.8. The van der Waals surface area contributed by atoms with E-state index < -0.39 is 6.10 Å². The minimum absolute atomic E-state index is 0.209. The highest BCUT2D eigenvalue weighted by atomic mass is 16.5. The Labute approximate surface area is 143 Å². The van der Waals surface area contributed by atoms with Gasteiger partial charge in [0.05, 0.1) is 11.6 Å². The van der Waals surface area contributed by atoms with Crippen molar-refractivity contribution in [2.75, 3.05) is 18.1 Å². The standard InChI is InChI=1S/C20H24N2O2/c1-15(2)22(20-7-5-4-6-16(20)3)13-18(23)14-24-19-10-8-17(12-21)9-11-19/h4-11,15,18,23H,13-14H2,1-3H3. The summed E-state index contributed by atoms with van der Waals surface area (Å²) in [6, 6.07) is 17.4. The summed E-state index contributed by atoms with van der Waals surface area (Å²) >= 11 is 0. The molecular formula is C20H24N2O2. The Kier molecular flexibility index (Phi) is 6.22. The number of para-hydroxylation sites is 1. The first-order chi connectivity index (χ1) is 11.5. The second-order valence-corrected chi connectivity index (χ2v) is 6.13. The van der Waals surface area contributed by atoms with E-state index in [1.54, 1.807) is 24.3 Å². The molecule has 0 aromatic heterocycles. The molecule has 2 rings (SSSR count). The molecule has 4 heteroatoms. The van der Waals surface area contributed by atoms with Crippen LogP contribution >= 0.6 is 0 Å². The molecule has 24 heavy (non-hydrogen) atoms. The highest BCUT2D eigenvalue weighted by Gasteiger charge is 2.17. The first-order valence-electron chi connectivity index (χ1n) is 8.14. The second-order valence-electron chi connectivity index (χ2n) is 6.13. The van der Waals surface area contributed by atoms with Crippen molar-refractivity contribution >= 4 is 5.69 Å². The van der Waals surface area contributed by atoms with E-state index in [2.05, 4.69) is 43.9 Å². The maximum absolute atomic E-state index is 10.4. The predicted molar refractivity (Wildman–Crippen MR) is 96.3 cm³/mol. The number of benzene rings is 2. The Hall–Kier alpha value is -2.51. The van der Waals surface area contributed by atoms with Gasteiger partial charge in [-0.25, -0.2) is 0 Å². The van der Waals surface area contributed by atoms with Gasteiger partial charge in [-0.1, -0.05) is 18.2 Å². The lowest BCUT2D eigenvalue weighted by Gasteiger charge is -2.32. The predicted octanol–water partition coefficient (Wildman–Crippen LogP) is 3.52. The van der Waals surface area contributed by atoms with Crippen LogP contribution in [0.15, 0.2) is 48.5 Å². The maximum Gasteiger partial charge on any atom is 0.119 e. The van der Waals surface area contributed by atoms with Crippen LogP contribution in [-0.2, 0) is 0 Å². The van der Waals surface area contributed by atoms with Crippen LogP contribution in [0.2, 0.25) is 0 Å². The van der Waals surface area contributed by atoms with Crippen molar-refractivity contribution < 1.29 is 9.84 Å². The van der Waals surface area contributed by atoms with Crippen molar-refractivity contribution in [1.29, 1.82) is 5.26 Å². The zero-order valence-corrected chi connectivity index (χ0v) is 14.4. The van der Waals surface area contributed by atoms with Crippen LogP contribution in [0.25, 0.3) is 0 Å². The molecule has 0 saturated carbocycles. The number of hydrogen-bond donors (Lipinski definition) is 1. The number of nitrogens with zero attached hydrogens (tertiary/aromatic N) is 2. The van der Waals surface area contributed by atoms with Gasteiger partial charge in [0.2, 0.25) is 0 Å². The van der Waals surface area contributed by atoms with Crippen LogP contribution in [0.1, 0.15) is 25.0 Å². The van der Waals surface area contributed by atoms with E-state index in [1.807, 2.05) is 12.1 Å². The summed E-state index contributed by atoms with van der Waals surface area (Å²) < 4.78 is 5.63. The highest BCUT2D eigenvalue weighted by Crippen LogP contribution is 2.22. The molecule has 0 fully saturated rings. The van der Waals surface area contributed by atoms with E-state index in [4.69, 9.17) is 10.00 Å². The number of aliphatic hydroxyl groups excluding tert-OH is 1. The lowest BCUT2D eigenvalue weighted by Crippen LogP contribution is -2.40. The van der Waals surface area contributed by atoms with Gasteiger partial charge in [0.25, 0.3) is 0 Å². The molecule has 0 bridgehead atoms. The molecule has 0 heterocycles. The molecule has 2 aromatic rings. The average Bonchev–Trinajstić information content (AvgIpc) is 2.59. The second kappa shape index (κ2) is 8.37. The van der Waals surface area contributed by atoms with Crippen LogP contribution in [0, 0.1) is 18.3 Å². The summed E-state index contributed by atoms with van der Waals surface area (Å²) in [5.74, 6) is 0.653. The molecule has 0 saturated heterocycles. The number of aryl methyl sites for hydroxylation is 1. The third kappa shape index (κ3) is 4.74. The van der Waals surface area contributed by atoms with Gasteiger partial charge in [0.1, 0.15) is 18.5 Å². The quantitative estimate of drug-likeness (QED) is 0.846.